The number of carboxylic acid groups (broad SMARTS) is 2. The second-order valence-corrected chi connectivity index (χ2v) is 5.60. The quantitative estimate of drug-likeness (QED) is 0.529. The monoisotopic (exact) mass is 388 g/mol. The van der Waals surface area contributed by atoms with Gasteiger partial charge in [-0.1, -0.05) is 34.8 Å². The molecule has 0 aliphatic rings. The Morgan fingerprint density at radius 3 is 1.35 bits per heavy atom. The van der Waals surface area contributed by atoms with Crippen LogP contribution in [0.15, 0.2) is 4.90 Å². The van der Waals surface area contributed by atoms with E-state index in [2.05, 4.69) is 0 Å². The Hall–Kier alpha value is 0.576. The van der Waals surface area contributed by atoms with Crippen LogP contribution in [0.5, 0.6) is 0 Å². The van der Waals surface area contributed by atoms with Gasteiger partial charge in [0.05, 0.1) is 26.2 Å². The Morgan fingerprint density at radius 2 is 1.15 bits per heavy atom. The summed E-state index contributed by atoms with van der Waals surface area (Å²) < 4.78 is 31.1. The third-order valence-electron chi connectivity index (χ3n) is 1.96. The summed E-state index contributed by atoms with van der Waals surface area (Å²) >= 11 is 16.5. The van der Waals surface area contributed by atoms with E-state index in [1.165, 1.54) is 0 Å². The van der Waals surface area contributed by atoms with Crippen LogP contribution in [0, 0.1) is 0 Å². The second-order valence-electron chi connectivity index (χ2n) is 3.11. The molecule has 0 spiro atoms. The zero-order valence-corrected chi connectivity index (χ0v) is 11.6. The summed E-state index contributed by atoms with van der Waals surface area (Å²) in [7, 11) is -5.04. The number of halogens is 3. The first-order chi connectivity index (χ1) is 8.50. The first-order valence-electron chi connectivity index (χ1n) is 4.14. The molecule has 1 aromatic rings. The Kier molecular flexibility index (Phi) is 7.43. The fraction of sp³-hybridized carbons (Fsp3) is 0. The summed E-state index contributed by atoms with van der Waals surface area (Å²) in [5.74, 6) is -3.56. The van der Waals surface area contributed by atoms with E-state index in [0.29, 0.717) is 0 Å². The fourth-order valence-electron chi connectivity index (χ4n) is 1.24. The summed E-state index contributed by atoms with van der Waals surface area (Å²) in [5.41, 5.74) is -1.98. The van der Waals surface area contributed by atoms with Crippen LogP contribution >= 0.6 is 34.8 Å². The standard InChI is InChI=1S/C8H3Cl3O7S.K.H/c9-3-1(7(12)13)4(10)6(19(16,17)18)5(11)2(3)8(14)15;;/h(H,12,13)(H,14,15)(H,16,17,18);;. The van der Waals surface area contributed by atoms with Gasteiger partial charge in [0.15, 0.2) is 0 Å². The van der Waals surface area contributed by atoms with Gasteiger partial charge in [0.1, 0.15) is 4.90 Å². The Balaban J connectivity index is 0.00000361. The first kappa shape index (κ1) is 20.6. The van der Waals surface area contributed by atoms with E-state index in [4.69, 9.17) is 49.6 Å². The van der Waals surface area contributed by atoms with Crippen LogP contribution in [0.2, 0.25) is 15.1 Å². The predicted molar refractivity (Wildman–Crippen MR) is 72.4 cm³/mol. The van der Waals surface area contributed by atoms with E-state index in [1.54, 1.807) is 0 Å². The Labute approximate surface area is 170 Å². The van der Waals surface area contributed by atoms with E-state index in [-0.39, 0.29) is 51.4 Å². The number of hydrogen-bond donors (Lipinski definition) is 3. The molecule has 12 heteroatoms. The SMILES string of the molecule is O=C(O)c1c(Cl)c(C(=O)O)c(Cl)c(S(=O)(=O)O)c1Cl.[KH]. The number of rotatable bonds is 3. The number of carbonyl (C=O) groups is 2. The molecule has 20 heavy (non-hydrogen) atoms. The van der Waals surface area contributed by atoms with Crippen molar-refractivity contribution in [3.8, 4) is 0 Å². The van der Waals surface area contributed by atoms with Crippen molar-refractivity contribution in [2.75, 3.05) is 0 Å². The van der Waals surface area contributed by atoms with Crippen LogP contribution in [0.3, 0.4) is 0 Å². The normalized spacial score (nSPS) is 10.8. The summed E-state index contributed by atoms with van der Waals surface area (Å²) in [6.45, 7) is 0. The van der Waals surface area contributed by atoms with Gasteiger partial charge in [0.25, 0.3) is 10.1 Å². The van der Waals surface area contributed by atoms with Gasteiger partial charge in [0, 0.05) is 0 Å². The Bertz CT molecular complexity index is 660. The molecule has 106 valence electrons. The fourth-order valence-corrected chi connectivity index (χ4v) is 3.52. The van der Waals surface area contributed by atoms with Gasteiger partial charge in [-0.3, -0.25) is 4.55 Å². The minimum atomic E-state index is -5.04. The molecule has 1 aromatic carbocycles. The zero-order chi connectivity index (χ0) is 15.1. The van der Waals surface area contributed by atoms with Gasteiger partial charge in [-0.25, -0.2) is 9.59 Å². The van der Waals surface area contributed by atoms with Crippen LogP contribution in [-0.2, 0) is 10.1 Å². The number of carboxylic acids is 2. The van der Waals surface area contributed by atoms with Gasteiger partial charge in [-0.05, 0) is 0 Å². The first-order valence-corrected chi connectivity index (χ1v) is 6.72. The zero-order valence-electron chi connectivity index (χ0n) is 8.52. The average molecular weight is 390 g/mol. The van der Waals surface area contributed by atoms with Crippen LogP contribution in [-0.4, -0.2) is 86.5 Å². The van der Waals surface area contributed by atoms with Crippen LogP contribution in [0.25, 0.3) is 0 Å². The summed E-state index contributed by atoms with van der Waals surface area (Å²) in [5, 5.41) is 14.9. The maximum absolute atomic E-state index is 11.1. The molecule has 0 heterocycles. The summed E-state index contributed by atoms with van der Waals surface area (Å²) in [6.07, 6.45) is 0. The molecule has 0 radical (unpaired) electrons. The van der Waals surface area contributed by atoms with E-state index < -0.39 is 53.1 Å². The molecule has 0 aliphatic carbocycles. The molecule has 1 rings (SSSR count). The number of benzene rings is 1. The molecule has 0 atom stereocenters. The van der Waals surface area contributed by atoms with Gasteiger partial charge in [0.2, 0.25) is 0 Å². The molecule has 0 aliphatic heterocycles. The molecule has 0 fully saturated rings. The van der Waals surface area contributed by atoms with Gasteiger partial charge in [-0.2, -0.15) is 8.42 Å². The van der Waals surface area contributed by atoms with Crippen LogP contribution in [0.1, 0.15) is 20.7 Å². The third-order valence-corrected chi connectivity index (χ3v) is 4.24. The van der Waals surface area contributed by atoms with E-state index in [0.717, 1.165) is 0 Å². The molecule has 0 unspecified atom stereocenters. The van der Waals surface area contributed by atoms with Gasteiger partial charge >= 0.3 is 63.3 Å². The molecule has 7 nitrogen and oxygen atoms in total. The third kappa shape index (κ3) is 3.86. The van der Waals surface area contributed by atoms with Gasteiger partial charge < -0.3 is 10.2 Å². The van der Waals surface area contributed by atoms with Crippen molar-refractivity contribution in [3.63, 3.8) is 0 Å². The molecule has 0 bridgehead atoms. The molecular formula is C8H4Cl3KO7S. The number of aromatic carboxylic acids is 2. The predicted octanol–water partition coefficient (Wildman–Crippen LogP) is 1.64. The van der Waals surface area contributed by atoms with E-state index in [9.17, 15) is 18.0 Å². The second kappa shape index (κ2) is 7.23. The molecule has 0 aromatic heterocycles. The van der Waals surface area contributed by atoms with Crippen molar-refractivity contribution in [1.82, 2.24) is 0 Å². The molecular weight excluding hydrogens is 386 g/mol. The maximum atomic E-state index is 11.1. The van der Waals surface area contributed by atoms with Crippen molar-refractivity contribution < 1.29 is 32.8 Å². The van der Waals surface area contributed by atoms with E-state index in [1.807, 2.05) is 0 Å². The van der Waals surface area contributed by atoms with Crippen LogP contribution < -0.4 is 0 Å². The van der Waals surface area contributed by atoms with Crippen LogP contribution in [0.4, 0.5) is 0 Å². The van der Waals surface area contributed by atoms with Crippen molar-refractivity contribution in [2.24, 2.45) is 0 Å². The molecule has 0 saturated heterocycles. The van der Waals surface area contributed by atoms with Crippen molar-refractivity contribution in [2.45, 2.75) is 4.90 Å². The summed E-state index contributed by atoms with van der Waals surface area (Å²) in [4.78, 5) is 20.6. The van der Waals surface area contributed by atoms with E-state index >= 15 is 0 Å². The summed E-state index contributed by atoms with van der Waals surface area (Å²) in [6, 6.07) is 0. The molecule has 3 N–H and O–H groups in total. The van der Waals surface area contributed by atoms with Crippen molar-refractivity contribution >= 4 is 108 Å². The molecule has 0 saturated carbocycles. The van der Waals surface area contributed by atoms with Crippen molar-refractivity contribution in [3.05, 3.63) is 26.2 Å². The van der Waals surface area contributed by atoms with Crippen molar-refractivity contribution in [1.29, 1.82) is 0 Å². The average Bonchev–Trinajstić information content (AvgIpc) is 2.12. The Morgan fingerprint density at radius 1 is 0.850 bits per heavy atom. The molecule has 0 amide bonds. The minimum absolute atomic E-state index is 0. The van der Waals surface area contributed by atoms with Gasteiger partial charge in [-0.15, -0.1) is 0 Å². The number of hydrogen-bond acceptors (Lipinski definition) is 4. The topological polar surface area (TPSA) is 129 Å².